The molecule has 1 aromatic rings. The van der Waals surface area contributed by atoms with E-state index in [1.807, 2.05) is 0 Å². The monoisotopic (exact) mass is 264 g/mol. The Hall–Kier alpha value is -1.75. The van der Waals surface area contributed by atoms with Gasteiger partial charge in [0.1, 0.15) is 5.75 Å². The van der Waals surface area contributed by atoms with Crippen LogP contribution in [-0.4, -0.2) is 42.2 Å². The van der Waals surface area contributed by atoms with Crippen LogP contribution in [-0.2, 0) is 4.79 Å². The summed E-state index contributed by atoms with van der Waals surface area (Å²) in [6.07, 6.45) is 1.40. The van der Waals surface area contributed by atoms with Gasteiger partial charge in [0.2, 0.25) is 0 Å². The van der Waals surface area contributed by atoms with Gasteiger partial charge in [0.15, 0.2) is 6.61 Å². The molecule has 0 saturated heterocycles. The predicted octanol–water partition coefficient (Wildman–Crippen LogP) is 0.877. The lowest BCUT2D eigenvalue weighted by Crippen LogP contribution is -2.41. The molecule has 1 amide bonds. The lowest BCUT2D eigenvalue weighted by Gasteiger charge is -2.34. The summed E-state index contributed by atoms with van der Waals surface area (Å²) < 4.78 is 5.40. The third-order valence-corrected chi connectivity index (χ3v) is 3.41. The van der Waals surface area contributed by atoms with Gasteiger partial charge in [-0.1, -0.05) is 0 Å². The number of amides is 1. The van der Waals surface area contributed by atoms with E-state index in [-0.39, 0.29) is 18.6 Å². The van der Waals surface area contributed by atoms with E-state index in [0.29, 0.717) is 23.9 Å². The number of carbonyl (C=O) groups is 1. The van der Waals surface area contributed by atoms with Crippen LogP contribution in [0.1, 0.15) is 12.8 Å². The Labute approximate surface area is 113 Å². The van der Waals surface area contributed by atoms with Crippen molar-refractivity contribution >= 4 is 11.6 Å². The molecule has 3 N–H and O–H groups in total. The summed E-state index contributed by atoms with van der Waals surface area (Å²) in [6.45, 7) is 0.705. The van der Waals surface area contributed by atoms with Crippen molar-refractivity contribution in [1.29, 1.82) is 0 Å². The first-order valence-electron chi connectivity index (χ1n) is 6.45. The molecule has 0 radical (unpaired) electrons. The van der Waals surface area contributed by atoms with Crippen LogP contribution in [0, 0.1) is 5.92 Å². The van der Waals surface area contributed by atoms with Crippen molar-refractivity contribution in [1.82, 2.24) is 4.90 Å². The molecule has 0 aromatic heterocycles. The van der Waals surface area contributed by atoms with Crippen molar-refractivity contribution in [2.24, 2.45) is 5.92 Å². The SMILES string of the molecule is CN(CC1CC(O)C1)C(=O)COc1ccc(N)cc1. The molecule has 104 valence electrons. The average Bonchev–Trinajstić information content (AvgIpc) is 2.35. The minimum Gasteiger partial charge on any atom is -0.484 e. The largest absolute Gasteiger partial charge is 0.484 e. The van der Waals surface area contributed by atoms with Gasteiger partial charge in [0.25, 0.3) is 5.91 Å². The normalized spacial score (nSPS) is 21.6. The maximum absolute atomic E-state index is 11.9. The van der Waals surface area contributed by atoms with E-state index in [0.717, 1.165) is 12.8 Å². The van der Waals surface area contributed by atoms with Crippen LogP contribution in [0.15, 0.2) is 24.3 Å². The summed E-state index contributed by atoms with van der Waals surface area (Å²) >= 11 is 0. The summed E-state index contributed by atoms with van der Waals surface area (Å²) in [5.74, 6) is 0.994. The lowest BCUT2D eigenvalue weighted by atomic mass is 9.82. The fraction of sp³-hybridized carbons (Fsp3) is 0.500. The van der Waals surface area contributed by atoms with E-state index in [1.165, 1.54) is 0 Å². The topological polar surface area (TPSA) is 75.8 Å². The van der Waals surface area contributed by atoms with Gasteiger partial charge in [0, 0.05) is 19.3 Å². The molecule has 5 heteroatoms. The number of nitrogens with zero attached hydrogens (tertiary/aromatic N) is 1. The maximum atomic E-state index is 11.9. The highest BCUT2D eigenvalue weighted by Crippen LogP contribution is 2.27. The van der Waals surface area contributed by atoms with Gasteiger partial charge in [-0.25, -0.2) is 0 Å². The van der Waals surface area contributed by atoms with Gasteiger partial charge < -0.3 is 20.5 Å². The molecule has 2 rings (SSSR count). The molecule has 0 unspecified atom stereocenters. The average molecular weight is 264 g/mol. The van der Waals surface area contributed by atoms with Crippen LogP contribution >= 0.6 is 0 Å². The van der Waals surface area contributed by atoms with Crippen LogP contribution < -0.4 is 10.5 Å². The summed E-state index contributed by atoms with van der Waals surface area (Å²) in [4.78, 5) is 13.5. The Morgan fingerprint density at radius 2 is 2.05 bits per heavy atom. The van der Waals surface area contributed by atoms with E-state index in [2.05, 4.69) is 0 Å². The zero-order valence-corrected chi connectivity index (χ0v) is 11.1. The first-order valence-corrected chi connectivity index (χ1v) is 6.45. The fourth-order valence-corrected chi connectivity index (χ4v) is 2.16. The second-order valence-electron chi connectivity index (χ2n) is 5.12. The number of likely N-dealkylation sites (N-methyl/N-ethyl adjacent to an activating group) is 1. The number of aliphatic hydroxyl groups is 1. The first-order chi connectivity index (χ1) is 9.04. The Balaban J connectivity index is 1.72. The summed E-state index contributed by atoms with van der Waals surface area (Å²) in [5, 5.41) is 9.21. The van der Waals surface area contributed by atoms with Gasteiger partial charge in [-0.05, 0) is 43.0 Å². The number of ether oxygens (including phenoxy) is 1. The van der Waals surface area contributed by atoms with Crippen molar-refractivity contribution in [2.45, 2.75) is 18.9 Å². The zero-order valence-electron chi connectivity index (χ0n) is 11.1. The number of hydrogen-bond acceptors (Lipinski definition) is 4. The molecule has 1 aromatic carbocycles. The lowest BCUT2D eigenvalue weighted by molar-refractivity contribution is -0.133. The molecule has 1 aliphatic rings. The molecule has 1 saturated carbocycles. The second kappa shape index (κ2) is 5.93. The smallest absolute Gasteiger partial charge is 0.260 e. The number of benzene rings is 1. The zero-order chi connectivity index (χ0) is 13.8. The second-order valence-corrected chi connectivity index (χ2v) is 5.12. The summed E-state index contributed by atoms with van der Waals surface area (Å²) in [5.41, 5.74) is 6.23. The number of anilines is 1. The van der Waals surface area contributed by atoms with Gasteiger partial charge in [-0.3, -0.25) is 4.79 Å². The fourth-order valence-electron chi connectivity index (χ4n) is 2.16. The molecule has 1 fully saturated rings. The molecule has 0 atom stereocenters. The highest BCUT2D eigenvalue weighted by atomic mass is 16.5. The van der Waals surface area contributed by atoms with Gasteiger partial charge in [-0.2, -0.15) is 0 Å². The van der Waals surface area contributed by atoms with Gasteiger partial charge >= 0.3 is 0 Å². The van der Waals surface area contributed by atoms with E-state index in [1.54, 1.807) is 36.2 Å². The number of hydrogen-bond donors (Lipinski definition) is 2. The van der Waals surface area contributed by atoms with E-state index < -0.39 is 0 Å². The number of nitrogen functional groups attached to an aromatic ring is 1. The van der Waals surface area contributed by atoms with Crippen LogP contribution in [0.4, 0.5) is 5.69 Å². The maximum Gasteiger partial charge on any atom is 0.260 e. The van der Waals surface area contributed by atoms with Crippen LogP contribution in [0.2, 0.25) is 0 Å². The molecular formula is C14H20N2O3. The number of carbonyl (C=O) groups excluding carboxylic acids is 1. The molecule has 0 spiro atoms. The number of nitrogens with two attached hydrogens (primary N) is 1. The Bertz CT molecular complexity index is 427. The number of rotatable bonds is 5. The van der Waals surface area contributed by atoms with E-state index >= 15 is 0 Å². The standard InChI is InChI=1S/C14H20N2O3/c1-16(8-10-6-12(17)7-10)14(18)9-19-13-4-2-11(15)3-5-13/h2-5,10,12,17H,6-9,15H2,1H3. The van der Waals surface area contributed by atoms with Crippen LogP contribution in [0.3, 0.4) is 0 Å². The predicted molar refractivity (Wildman–Crippen MR) is 72.7 cm³/mol. The molecule has 0 heterocycles. The Morgan fingerprint density at radius 1 is 1.42 bits per heavy atom. The third kappa shape index (κ3) is 3.86. The van der Waals surface area contributed by atoms with Crippen molar-refractivity contribution in [3.05, 3.63) is 24.3 Å². The van der Waals surface area contributed by atoms with Crippen molar-refractivity contribution in [2.75, 3.05) is 25.9 Å². The minimum absolute atomic E-state index is 0.0235. The van der Waals surface area contributed by atoms with Crippen LogP contribution in [0.25, 0.3) is 0 Å². The molecular weight excluding hydrogens is 244 g/mol. The molecule has 5 nitrogen and oxygen atoms in total. The van der Waals surface area contributed by atoms with Crippen molar-refractivity contribution in [3.63, 3.8) is 0 Å². The number of aliphatic hydroxyl groups excluding tert-OH is 1. The van der Waals surface area contributed by atoms with E-state index in [4.69, 9.17) is 10.5 Å². The molecule has 1 aliphatic carbocycles. The van der Waals surface area contributed by atoms with E-state index in [9.17, 15) is 9.90 Å². The molecule has 0 bridgehead atoms. The van der Waals surface area contributed by atoms with Crippen molar-refractivity contribution in [3.8, 4) is 5.75 Å². The van der Waals surface area contributed by atoms with Gasteiger partial charge in [-0.15, -0.1) is 0 Å². The minimum atomic E-state index is -0.181. The first kappa shape index (κ1) is 13.7. The quantitative estimate of drug-likeness (QED) is 0.774. The highest BCUT2D eigenvalue weighted by molar-refractivity contribution is 5.77. The summed E-state index contributed by atoms with van der Waals surface area (Å²) in [6, 6.07) is 6.95. The van der Waals surface area contributed by atoms with Crippen molar-refractivity contribution < 1.29 is 14.6 Å². The molecule has 19 heavy (non-hydrogen) atoms. The Morgan fingerprint density at radius 3 is 2.63 bits per heavy atom. The Kier molecular flexibility index (Phi) is 4.27. The third-order valence-electron chi connectivity index (χ3n) is 3.41. The van der Waals surface area contributed by atoms with Gasteiger partial charge in [0.05, 0.1) is 6.10 Å². The molecule has 0 aliphatic heterocycles. The van der Waals surface area contributed by atoms with Crippen LogP contribution in [0.5, 0.6) is 5.75 Å². The highest BCUT2D eigenvalue weighted by Gasteiger charge is 2.29. The summed E-state index contributed by atoms with van der Waals surface area (Å²) in [7, 11) is 1.76.